The summed E-state index contributed by atoms with van der Waals surface area (Å²) < 4.78 is 2.65. The van der Waals surface area contributed by atoms with Crippen LogP contribution in [0.2, 0.25) is 0 Å². The Labute approximate surface area is 140 Å². The van der Waals surface area contributed by atoms with Crippen LogP contribution >= 0.6 is 67.8 Å². The molecule has 0 aromatic heterocycles. The van der Waals surface area contributed by atoms with E-state index in [1.807, 2.05) is 19.1 Å². The molecule has 0 saturated heterocycles. The maximum absolute atomic E-state index is 11.3. The Kier molecular flexibility index (Phi) is 4.18. The van der Waals surface area contributed by atoms with Gasteiger partial charge in [0.2, 0.25) is 0 Å². The molecule has 0 radical (unpaired) electrons. The fraction of sp³-hybridized carbons (Fsp3) is 0.0833. The zero-order chi connectivity index (χ0) is 12.7. The van der Waals surface area contributed by atoms with Crippen molar-refractivity contribution in [1.29, 1.82) is 0 Å². The Morgan fingerprint density at radius 3 is 2.29 bits per heavy atom. The van der Waals surface area contributed by atoms with Crippen molar-refractivity contribution < 1.29 is 9.90 Å². The first-order valence-corrected chi connectivity index (χ1v) is 7.97. The third-order valence-corrected chi connectivity index (χ3v) is 6.85. The molecule has 0 amide bonds. The molecule has 0 saturated carbocycles. The largest absolute Gasteiger partial charge is 0.478 e. The summed E-state index contributed by atoms with van der Waals surface area (Å²) in [5, 5.41) is 11.4. The van der Waals surface area contributed by atoms with Crippen LogP contribution in [-0.4, -0.2) is 11.1 Å². The fourth-order valence-electron chi connectivity index (χ4n) is 1.68. The highest BCUT2D eigenvalue weighted by atomic mass is 127. The van der Waals surface area contributed by atoms with Crippen LogP contribution in [0, 0.1) is 17.6 Å². The van der Waals surface area contributed by atoms with Gasteiger partial charge in [0.1, 0.15) is 0 Å². The predicted molar refractivity (Wildman–Crippen MR) is 93.8 cm³/mol. The Bertz CT molecular complexity index is 635. The number of carbonyl (C=O) groups is 1. The van der Waals surface area contributed by atoms with Gasteiger partial charge in [-0.15, -0.1) is 0 Å². The summed E-state index contributed by atoms with van der Waals surface area (Å²) in [5.74, 6) is -0.862. The van der Waals surface area contributed by atoms with E-state index in [0.29, 0.717) is 5.56 Å². The molecule has 0 fully saturated rings. The maximum atomic E-state index is 11.3. The summed E-state index contributed by atoms with van der Waals surface area (Å²) in [4.78, 5) is 11.3. The van der Waals surface area contributed by atoms with Gasteiger partial charge in [-0.25, -0.2) is 4.79 Å². The molecule has 5 heteroatoms. The number of rotatable bonds is 1. The molecule has 0 spiro atoms. The van der Waals surface area contributed by atoms with E-state index in [-0.39, 0.29) is 0 Å². The summed E-state index contributed by atoms with van der Waals surface area (Å²) in [6.07, 6.45) is 0. The van der Waals surface area contributed by atoms with E-state index in [0.717, 1.165) is 21.5 Å². The van der Waals surface area contributed by atoms with Crippen molar-refractivity contribution in [3.8, 4) is 0 Å². The van der Waals surface area contributed by atoms with Gasteiger partial charge in [-0.1, -0.05) is 23.8 Å². The van der Waals surface area contributed by atoms with Gasteiger partial charge in [0.05, 0.1) is 5.56 Å². The molecule has 0 unspecified atom stereocenters. The quantitative estimate of drug-likeness (QED) is 0.405. The molecule has 0 aliphatic carbocycles. The first-order valence-electron chi connectivity index (χ1n) is 4.73. The number of carboxylic acid groups (broad SMARTS) is 1. The lowest BCUT2D eigenvalue weighted by atomic mass is 10.0. The van der Waals surface area contributed by atoms with Gasteiger partial charge >= 0.3 is 5.97 Å². The van der Waals surface area contributed by atoms with Gasteiger partial charge < -0.3 is 5.11 Å². The minimum atomic E-state index is -0.862. The number of halogens is 3. The third kappa shape index (κ3) is 2.42. The van der Waals surface area contributed by atoms with Crippen molar-refractivity contribution in [2.75, 3.05) is 0 Å². The number of hydrogen-bond donors (Lipinski definition) is 1. The number of benzene rings is 2. The van der Waals surface area contributed by atoms with Crippen molar-refractivity contribution >= 4 is 84.5 Å². The summed E-state index contributed by atoms with van der Waals surface area (Å²) >= 11 is 6.45. The number of fused-ring (bicyclic) bond motifs is 1. The van der Waals surface area contributed by atoms with Crippen LogP contribution in [0.25, 0.3) is 10.8 Å². The highest BCUT2D eigenvalue weighted by molar-refractivity contribution is 14.1. The molecule has 88 valence electrons. The zero-order valence-electron chi connectivity index (χ0n) is 8.72. The van der Waals surface area contributed by atoms with E-state index in [2.05, 4.69) is 73.8 Å². The average molecular weight is 564 g/mol. The highest BCUT2D eigenvalue weighted by Crippen LogP contribution is 2.34. The smallest absolute Gasteiger partial charge is 0.337 e. The molecule has 0 heterocycles. The van der Waals surface area contributed by atoms with Crippen LogP contribution in [0.15, 0.2) is 18.2 Å². The van der Waals surface area contributed by atoms with E-state index in [4.69, 9.17) is 0 Å². The maximum Gasteiger partial charge on any atom is 0.337 e. The SMILES string of the molecule is Cc1ccc2c(I)c(C(=O)O)c(I)c(I)c2c1. The first-order chi connectivity index (χ1) is 7.93. The number of carboxylic acids is 1. The molecule has 0 atom stereocenters. The lowest BCUT2D eigenvalue weighted by Gasteiger charge is -2.11. The van der Waals surface area contributed by atoms with Crippen LogP contribution in [0.3, 0.4) is 0 Å². The molecule has 1 N–H and O–H groups in total. The van der Waals surface area contributed by atoms with Gasteiger partial charge in [0.15, 0.2) is 0 Å². The van der Waals surface area contributed by atoms with Gasteiger partial charge in [-0.05, 0) is 85.5 Å². The lowest BCUT2D eigenvalue weighted by molar-refractivity contribution is 0.0694. The minimum absolute atomic E-state index is 0.409. The number of aryl methyl sites for hydroxylation is 1. The van der Waals surface area contributed by atoms with Gasteiger partial charge in [-0.3, -0.25) is 0 Å². The average Bonchev–Trinajstić information content (AvgIpc) is 2.25. The first kappa shape index (κ1) is 13.8. The molecule has 2 aromatic rings. The van der Waals surface area contributed by atoms with Crippen molar-refractivity contribution in [2.45, 2.75) is 6.92 Å². The molecular formula is C12H7I3O2. The molecule has 2 nitrogen and oxygen atoms in total. The van der Waals surface area contributed by atoms with Gasteiger partial charge in [-0.2, -0.15) is 0 Å². The molecular weight excluding hydrogens is 557 g/mol. The van der Waals surface area contributed by atoms with Gasteiger partial charge in [0.25, 0.3) is 0 Å². The van der Waals surface area contributed by atoms with Crippen LogP contribution in [0.4, 0.5) is 0 Å². The summed E-state index contributed by atoms with van der Waals surface area (Å²) in [7, 11) is 0. The number of aromatic carboxylic acids is 1. The van der Waals surface area contributed by atoms with E-state index in [1.165, 1.54) is 5.56 Å². The normalized spacial score (nSPS) is 10.8. The minimum Gasteiger partial charge on any atom is -0.478 e. The second-order valence-corrected chi connectivity index (χ2v) is 6.91. The number of hydrogen-bond acceptors (Lipinski definition) is 1. The second-order valence-electron chi connectivity index (χ2n) is 3.67. The molecule has 0 aliphatic rings. The van der Waals surface area contributed by atoms with Crippen molar-refractivity contribution in [2.24, 2.45) is 0 Å². The standard InChI is InChI=1S/C12H7I3O2/c1-5-2-3-6-7(4-5)10(14)11(15)8(9(6)13)12(16)17/h2-4H,1H3,(H,16,17). The Morgan fingerprint density at radius 1 is 1.06 bits per heavy atom. The lowest BCUT2D eigenvalue weighted by Crippen LogP contribution is -2.06. The third-order valence-electron chi connectivity index (χ3n) is 2.49. The van der Waals surface area contributed by atoms with Crippen LogP contribution in [0.1, 0.15) is 15.9 Å². The molecule has 0 aliphatic heterocycles. The monoisotopic (exact) mass is 564 g/mol. The van der Waals surface area contributed by atoms with E-state index < -0.39 is 5.97 Å². The van der Waals surface area contributed by atoms with E-state index in [1.54, 1.807) is 0 Å². The van der Waals surface area contributed by atoms with Crippen LogP contribution < -0.4 is 0 Å². The topological polar surface area (TPSA) is 37.3 Å². The summed E-state index contributed by atoms with van der Waals surface area (Å²) in [6, 6.07) is 6.11. The zero-order valence-corrected chi connectivity index (χ0v) is 15.2. The van der Waals surface area contributed by atoms with Crippen LogP contribution in [0.5, 0.6) is 0 Å². The van der Waals surface area contributed by atoms with Gasteiger partial charge in [0, 0.05) is 10.7 Å². The Morgan fingerprint density at radius 2 is 1.71 bits per heavy atom. The summed E-state index contributed by atoms with van der Waals surface area (Å²) in [5.41, 5.74) is 1.59. The molecule has 2 rings (SSSR count). The molecule has 2 aromatic carbocycles. The highest BCUT2D eigenvalue weighted by Gasteiger charge is 2.19. The second kappa shape index (κ2) is 5.16. The molecule has 17 heavy (non-hydrogen) atoms. The van der Waals surface area contributed by atoms with E-state index in [9.17, 15) is 9.90 Å². The Hall–Kier alpha value is 0.360. The van der Waals surface area contributed by atoms with Crippen molar-refractivity contribution in [3.63, 3.8) is 0 Å². The van der Waals surface area contributed by atoms with E-state index >= 15 is 0 Å². The molecule has 0 bridgehead atoms. The Balaban J connectivity index is 3.00. The van der Waals surface area contributed by atoms with Crippen molar-refractivity contribution in [3.05, 3.63) is 40.0 Å². The fourth-order valence-corrected chi connectivity index (χ4v) is 4.67. The predicted octanol–water partition coefficient (Wildman–Crippen LogP) is 4.66. The summed E-state index contributed by atoms with van der Waals surface area (Å²) in [6.45, 7) is 2.04. The van der Waals surface area contributed by atoms with Crippen molar-refractivity contribution in [1.82, 2.24) is 0 Å². The van der Waals surface area contributed by atoms with Crippen LogP contribution in [-0.2, 0) is 0 Å².